The van der Waals surface area contributed by atoms with Crippen molar-refractivity contribution in [1.29, 1.82) is 0 Å². The van der Waals surface area contributed by atoms with Crippen molar-refractivity contribution in [3.8, 4) is 11.5 Å². The lowest BCUT2D eigenvalue weighted by molar-refractivity contribution is 0.0766. The lowest BCUT2D eigenvalue weighted by Gasteiger charge is -2.20. The standard InChI is InChI=1S/C12H16N2O3/c15-10-3-2-9(8-11(10)16)12(17)14-6-1-4-13-5-7-14/h2-3,8,13,15-16H,1,4-7H2. The Balaban J connectivity index is 2.14. The normalized spacial score (nSPS) is 16.6. The van der Waals surface area contributed by atoms with E-state index in [-0.39, 0.29) is 17.4 Å². The predicted octanol–water partition coefficient (Wildman–Crippen LogP) is 0.533. The zero-order valence-electron chi connectivity index (χ0n) is 9.52. The molecular formula is C12H16N2O3. The van der Waals surface area contributed by atoms with E-state index in [0.717, 1.165) is 19.5 Å². The summed E-state index contributed by atoms with van der Waals surface area (Å²) >= 11 is 0. The number of amides is 1. The van der Waals surface area contributed by atoms with E-state index in [4.69, 9.17) is 0 Å². The maximum Gasteiger partial charge on any atom is 0.254 e. The van der Waals surface area contributed by atoms with Crippen LogP contribution in [0.25, 0.3) is 0 Å². The molecule has 0 radical (unpaired) electrons. The second-order valence-electron chi connectivity index (χ2n) is 4.10. The highest BCUT2D eigenvalue weighted by molar-refractivity contribution is 5.94. The lowest BCUT2D eigenvalue weighted by atomic mass is 10.1. The minimum Gasteiger partial charge on any atom is -0.504 e. The largest absolute Gasteiger partial charge is 0.504 e. The molecule has 1 aliphatic heterocycles. The third-order valence-corrected chi connectivity index (χ3v) is 2.85. The molecule has 1 aromatic carbocycles. The van der Waals surface area contributed by atoms with E-state index in [1.807, 2.05) is 0 Å². The molecular weight excluding hydrogens is 220 g/mol. The molecule has 1 heterocycles. The molecule has 0 bridgehead atoms. The van der Waals surface area contributed by atoms with Crippen molar-refractivity contribution in [2.45, 2.75) is 6.42 Å². The Kier molecular flexibility index (Phi) is 3.49. The van der Waals surface area contributed by atoms with Gasteiger partial charge in [0.15, 0.2) is 11.5 Å². The molecule has 5 nitrogen and oxygen atoms in total. The van der Waals surface area contributed by atoms with E-state index in [9.17, 15) is 15.0 Å². The second-order valence-corrected chi connectivity index (χ2v) is 4.10. The zero-order chi connectivity index (χ0) is 12.3. The first-order chi connectivity index (χ1) is 8.18. The monoisotopic (exact) mass is 236 g/mol. The zero-order valence-corrected chi connectivity index (χ0v) is 9.52. The van der Waals surface area contributed by atoms with Gasteiger partial charge in [-0.1, -0.05) is 0 Å². The number of carbonyl (C=O) groups is 1. The van der Waals surface area contributed by atoms with Crippen LogP contribution in [0.3, 0.4) is 0 Å². The Hall–Kier alpha value is -1.75. The van der Waals surface area contributed by atoms with Gasteiger partial charge in [0.2, 0.25) is 0 Å². The van der Waals surface area contributed by atoms with Crippen LogP contribution >= 0.6 is 0 Å². The SMILES string of the molecule is O=C(c1ccc(O)c(O)c1)N1CCCNCC1. The van der Waals surface area contributed by atoms with Gasteiger partial charge in [-0.25, -0.2) is 0 Å². The molecule has 0 saturated carbocycles. The summed E-state index contributed by atoms with van der Waals surface area (Å²) in [5.41, 5.74) is 0.405. The molecule has 0 spiro atoms. The number of phenolic OH excluding ortho intramolecular Hbond substituents is 2. The fourth-order valence-corrected chi connectivity index (χ4v) is 1.89. The average molecular weight is 236 g/mol. The van der Waals surface area contributed by atoms with Crippen molar-refractivity contribution in [1.82, 2.24) is 10.2 Å². The van der Waals surface area contributed by atoms with Gasteiger partial charge in [0.05, 0.1) is 0 Å². The number of nitrogens with zero attached hydrogens (tertiary/aromatic N) is 1. The van der Waals surface area contributed by atoms with E-state index in [2.05, 4.69) is 5.32 Å². The van der Waals surface area contributed by atoms with E-state index >= 15 is 0 Å². The van der Waals surface area contributed by atoms with E-state index in [0.29, 0.717) is 18.7 Å². The summed E-state index contributed by atoms with van der Waals surface area (Å²) in [4.78, 5) is 13.9. The van der Waals surface area contributed by atoms with Gasteiger partial charge in [0.25, 0.3) is 5.91 Å². The summed E-state index contributed by atoms with van der Waals surface area (Å²) in [6.45, 7) is 3.09. The van der Waals surface area contributed by atoms with Gasteiger partial charge in [-0.3, -0.25) is 4.79 Å². The molecule has 3 N–H and O–H groups in total. The van der Waals surface area contributed by atoms with E-state index in [1.54, 1.807) is 4.90 Å². The molecule has 1 saturated heterocycles. The van der Waals surface area contributed by atoms with Gasteiger partial charge in [-0.15, -0.1) is 0 Å². The van der Waals surface area contributed by atoms with Gasteiger partial charge in [-0.2, -0.15) is 0 Å². The van der Waals surface area contributed by atoms with Gasteiger partial charge in [0.1, 0.15) is 0 Å². The Labute approximate surface area is 99.7 Å². The Morgan fingerprint density at radius 1 is 1.18 bits per heavy atom. The van der Waals surface area contributed by atoms with Crippen molar-refractivity contribution in [2.24, 2.45) is 0 Å². The van der Waals surface area contributed by atoms with Crippen LogP contribution < -0.4 is 5.32 Å². The molecule has 2 rings (SSSR count). The van der Waals surface area contributed by atoms with E-state index in [1.165, 1.54) is 18.2 Å². The van der Waals surface area contributed by atoms with Crippen molar-refractivity contribution < 1.29 is 15.0 Å². The molecule has 5 heteroatoms. The van der Waals surface area contributed by atoms with Crippen LogP contribution in [0.1, 0.15) is 16.8 Å². The quantitative estimate of drug-likeness (QED) is 0.622. The van der Waals surface area contributed by atoms with Crippen LogP contribution in [-0.2, 0) is 0 Å². The van der Waals surface area contributed by atoms with Crippen LogP contribution in [0, 0.1) is 0 Å². The molecule has 0 atom stereocenters. The summed E-state index contributed by atoms with van der Waals surface area (Å²) in [7, 11) is 0. The van der Waals surface area contributed by atoms with Crippen molar-refractivity contribution in [3.63, 3.8) is 0 Å². The summed E-state index contributed by atoms with van der Waals surface area (Å²) in [6, 6.07) is 4.16. The highest BCUT2D eigenvalue weighted by Gasteiger charge is 2.17. The van der Waals surface area contributed by atoms with Crippen LogP contribution in [-0.4, -0.2) is 47.2 Å². The number of hydrogen-bond donors (Lipinski definition) is 3. The number of aromatic hydroxyl groups is 2. The summed E-state index contributed by atoms with van der Waals surface area (Å²) in [5.74, 6) is -0.577. The molecule has 1 aliphatic rings. The maximum absolute atomic E-state index is 12.1. The molecule has 0 aromatic heterocycles. The number of carbonyl (C=O) groups excluding carboxylic acids is 1. The third-order valence-electron chi connectivity index (χ3n) is 2.85. The smallest absolute Gasteiger partial charge is 0.254 e. The summed E-state index contributed by atoms with van der Waals surface area (Å²) < 4.78 is 0. The minimum absolute atomic E-state index is 0.107. The molecule has 92 valence electrons. The fourth-order valence-electron chi connectivity index (χ4n) is 1.89. The van der Waals surface area contributed by atoms with Gasteiger partial charge < -0.3 is 20.4 Å². The van der Waals surface area contributed by atoms with Crippen LogP contribution in [0.15, 0.2) is 18.2 Å². The third kappa shape index (κ3) is 2.68. The first-order valence-corrected chi connectivity index (χ1v) is 5.70. The van der Waals surface area contributed by atoms with Crippen molar-refractivity contribution >= 4 is 5.91 Å². The highest BCUT2D eigenvalue weighted by Crippen LogP contribution is 2.25. The van der Waals surface area contributed by atoms with Crippen LogP contribution in [0.4, 0.5) is 0 Å². The summed E-state index contributed by atoms with van der Waals surface area (Å²) in [5, 5.41) is 21.8. The molecule has 1 amide bonds. The highest BCUT2D eigenvalue weighted by atomic mass is 16.3. The molecule has 1 fully saturated rings. The number of benzene rings is 1. The van der Waals surface area contributed by atoms with Gasteiger partial charge in [0, 0.05) is 25.2 Å². The fraction of sp³-hybridized carbons (Fsp3) is 0.417. The maximum atomic E-state index is 12.1. The predicted molar refractivity (Wildman–Crippen MR) is 63.2 cm³/mol. The van der Waals surface area contributed by atoms with Crippen molar-refractivity contribution in [2.75, 3.05) is 26.2 Å². The first kappa shape index (κ1) is 11.7. The number of phenols is 2. The average Bonchev–Trinajstić information content (AvgIpc) is 2.60. The molecule has 0 aliphatic carbocycles. The topological polar surface area (TPSA) is 72.8 Å². The molecule has 0 unspecified atom stereocenters. The number of nitrogens with one attached hydrogen (secondary N) is 1. The van der Waals surface area contributed by atoms with Gasteiger partial charge in [-0.05, 0) is 31.2 Å². The second kappa shape index (κ2) is 5.05. The Morgan fingerprint density at radius 2 is 2.00 bits per heavy atom. The van der Waals surface area contributed by atoms with Crippen molar-refractivity contribution in [3.05, 3.63) is 23.8 Å². The molecule has 1 aromatic rings. The minimum atomic E-state index is -0.260. The van der Waals surface area contributed by atoms with Crippen LogP contribution in [0.2, 0.25) is 0 Å². The Bertz CT molecular complexity index is 412. The van der Waals surface area contributed by atoms with Crippen LogP contribution in [0.5, 0.6) is 11.5 Å². The summed E-state index contributed by atoms with van der Waals surface area (Å²) in [6.07, 6.45) is 0.926. The number of rotatable bonds is 1. The first-order valence-electron chi connectivity index (χ1n) is 5.70. The van der Waals surface area contributed by atoms with E-state index < -0.39 is 0 Å². The Morgan fingerprint density at radius 3 is 2.76 bits per heavy atom. The van der Waals surface area contributed by atoms with Gasteiger partial charge >= 0.3 is 0 Å². The lowest BCUT2D eigenvalue weighted by Crippen LogP contribution is -2.34. The number of hydrogen-bond acceptors (Lipinski definition) is 4. The molecule has 17 heavy (non-hydrogen) atoms.